The summed E-state index contributed by atoms with van der Waals surface area (Å²) in [6.07, 6.45) is 0. The number of amides is 1. The number of hydrogen-bond donors (Lipinski definition) is 1. The van der Waals surface area contributed by atoms with Crippen LogP contribution in [0.2, 0.25) is 5.02 Å². The molecule has 0 aliphatic heterocycles. The van der Waals surface area contributed by atoms with E-state index in [9.17, 15) is 17.6 Å². The second-order valence-corrected chi connectivity index (χ2v) is 9.14. The van der Waals surface area contributed by atoms with Gasteiger partial charge in [-0.3, -0.25) is 4.79 Å². The summed E-state index contributed by atoms with van der Waals surface area (Å²) < 4.78 is 46.7. The molecule has 0 bridgehead atoms. The molecule has 0 aliphatic rings. The lowest BCUT2D eigenvalue weighted by Gasteiger charge is -2.19. The highest BCUT2D eigenvalue weighted by Gasteiger charge is 2.26. The molecule has 9 heteroatoms. The van der Waals surface area contributed by atoms with Gasteiger partial charge in [-0.2, -0.15) is 4.31 Å². The fourth-order valence-corrected chi connectivity index (χ4v) is 4.41. The minimum absolute atomic E-state index is 0.0202. The first kappa shape index (κ1) is 22.7. The second-order valence-electron chi connectivity index (χ2n) is 6.69. The van der Waals surface area contributed by atoms with Crippen molar-refractivity contribution in [3.05, 3.63) is 88.7 Å². The zero-order valence-electron chi connectivity index (χ0n) is 16.8. The van der Waals surface area contributed by atoms with Gasteiger partial charge in [-0.1, -0.05) is 41.9 Å². The molecule has 3 aromatic rings. The van der Waals surface area contributed by atoms with Crippen molar-refractivity contribution in [3.63, 3.8) is 0 Å². The van der Waals surface area contributed by atoms with Crippen LogP contribution in [0.3, 0.4) is 0 Å². The number of hydrogen-bond acceptors (Lipinski definition) is 4. The predicted octanol–water partition coefficient (Wildman–Crippen LogP) is 4.56. The van der Waals surface area contributed by atoms with Crippen LogP contribution in [0.25, 0.3) is 0 Å². The summed E-state index contributed by atoms with van der Waals surface area (Å²) in [4.78, 5) is 12.5. The lowest BCUT2D eigenvalue weighted by molar-refractivity contribution is 0.102. The Morgan fingerprint density at radius 1 is 1.10 bits per heavy atom. The van der Waals surface area contributed by atoms with Gasteiger partial charge in [0.2, 0.25) is 10.0 Å². The third-order valence-electron chi connectivity index (χ3n) is 4.54. The summed E-state index contributed by atoms with van der Waals surface area (Å²) in [5.74, 6) is -1.27. The lowest BCUT2D eigenvalue weighted by atomic mass is 10.2. The minimum Gasteiger partial charge on any atom is -0.495 e. The van der Waals surface area contributed by atoms with E-state index in [0.29, 0.717) is 0 Å². The molecule has 3 aromatic carbocycles. The Morgan fingerprint density at radius 2 is 1.81 bits per heavy atom. The van der Waals surface area contributed by atoms with Gasteiger partial charge in [0.05, 0.1) is 12.8 Å². The van der Waals surface area contributed by atoms with Crippen molar-refractivity contribution >= 4 is 33.2 Å². The molecule has 0 aromatic heterocycles. The molecule has 0 aliphatic carbocycles. The molecule has 0 heterocycles. The standard InChI is InChI=1S/C22H20ClFN2O4S/c1-26(14-15-6-4-3-5-7-15)31(28,29)21-12-16(8-11-20(21)30-2)22(27)25-19-13-17(23)9-10-18(19)24/h3-13H,14H2,1-2H3,(H,25,27). The van der Waals surface area contributed by atoms with E-state index < -0.39 is 21.7 Å². The highest BCUT2D eigenvalue weighted by atomic mass is 35.5. The smallest absolute Gasteiger partial charge is 0.255 e. The van der Waals surface area contributed by atoms with Gasteiger partial charge in [-0.15, -0.1) is 0 Å². The largest absolute Gasteiger partial charge is 0.495 e. The fraction of sp³-hybridized carbons (Fsp3) is 0.136. The van der Waals surface area contributed by atoms with Crippen LogP contribution in [-0.4, -0.2) is 32.8 Å². The first-order valence-electron chi connectivity index (χ1n) is 9.17. The summed E-state index contributed by atoms with van der Waals surface area (Å²) in [7, 11) is -1.21. The molecule has 0 saturated heterocycles. The molecule has 6 nitrogen and oxygen atoms in total. The molecule has 162 valence electrons. The summed E-state index contributed by atoms with van der Waals surface area (Å²) >= 11 is 5.85. The van der Waals surface area contributed by atoms with Gasteiger partial charge in [0.25, 0.3) is 5.91 Å². The molecule has 1 N–H and O–H groups in total. The monoisotopic (exact) mass is 462 g/mol. The molecule has 0 spiro atoms. The third kappa shape index (κ3) is 5.22. The lowest BCUT2D eigenvalue weighted by Crippen LogP contribution is -2.27. The van der Waals surface area contributed by atoms with Crippen molar-refractivity contribution in [1.29, 1.82) is 0 Å². The average Bonchev–Trinajstić information content (AvgIpc) is 2.76. The van der Waals surface area contributed by atoms with E-state index in [4.69, 9.17) is 16.3 Å². The van der Waals surface area contributed by atoms with E-state index >= 15 is 0 Å². The second kappa shape index (κ2) is 9.47. The zero-order chi connectivity index (χ0) is 22.6. The Bertz CT molecular complexity index is 1200. The predicted molar refractivity (Wildman–Crippen MR) is 117 cm³/mol. The molecule has 0 unspecified atom stereocenters. The van der Waals surface area contributed by atoms with Gasteiger partial charge < -0.3 is 10.1 Å². The van der Waals surface area contributed by atoms with Crippen molar-refractivity contribution in [3.8, 4) is 5.75 Å². The minimum atomic E-state index is -3.99. The van der Waals surface area contributed by atoms with E-state index in [0.717, 1.165) is 11.6 Å². The van der Waals surface area contributed by atoms with Crippen molar-refractivity contribution in [2.45, 2.75) is 11.4 Å². The Morgan fingerprint density at radius 3 is 2.48 bits per heavy atom. The van der Waals surface area contributed by atoms with Gasteiger partial charge in [0, 0.05) is 24.2 Å². The van der Waals surface area contributed by atoms with Gasteiger partial charge in [0.15, 0.2) is 0 Å². The third-order valence-corrected chi connectivity index (χ3v) is 6.60. The topological polar surface area (TPSA) is 75.7 Å². The van der Waals surface area contributed by atoms with Crippen molar-refractivity contribution in [2.75, 3.05) is 19.5 Å². The molecule has 1 amide bonds. The average molecular weight is 463 g/mol. The molecule has 0 fully saturated rings. The van der Waals surface area contributed by atoms with Crippen LogP contribution in [0, 0.1) is 5.82 Å². The quantitative estimate of drug-likeness (QED) is 0.558. The van der Waals surface area contributed by atoms with Crippen molar-refractivity contribution in [1.82, 2.24) is 4.31 Å². The molecular formula is C22H20ClFN2O4S. The highest BCUT2D eigenvalue weighted by molar-refractivity contribution is 7.89. The van der Waals surface area contributed by atoms with Gasteiger partial charge in [-0.25, -0.2) is 12.8 Å². The van der Waals surface area contributed by atoms with E-state index in [1.165, 1.54) is 48.8 Å². The van der Waals surface area contributed by atoms with E-state index in [1.807, 2.05) is 30.3 Å². The number of benzene rings is 3. The maximum absolute atomic E-state index is 13.9. The normalized spacial score (nSPS) is 11.4. The zero-order valence-corrected chi connectivity index (χ0v) is 18.4. The number of rotatable bonds is 7. The fourth-order valence-electron chi connectivity index (χ4n) is 2.90. The van der Waals surface area contributed by atoms with Gasteiger partial charge in [-0.05, 0) is 42.0 Å². The summed E-state index contributed by atoms with van der Waals surface area (Å²) in [6.45, 7) is 0.135. The molecule has 0 saturated carbocycles. The van der Waals surface area contributed by atoms with Crippen LogP contribution >= 0.6 is 11.6 Å². The number of carbonyl (C=O) groups is 1. The number of halogens is 2. The molecular weight excluding hydrogens is 443 g/mol. The van der Waals surface area contributed by atoms with Crippen LogP contribution in [0.15, 0.2) is 71.6 Å². The number of ether oxygens (including phenoxy) is 1. The van der Waals surface area contributed by atoms with Crippen LogP contribution in [0.5, 0.6) is 5.75 Å². The van der Waals surface area contributed by atoms with Gasteiger partial charge >= 0.3 is 0 Å². The van der Waals surface area contributed by atoms with Crippen molar-refractivity contribution in [2.24, 2.45) is 0 Å². The molecule has 0 radical (unpaired) electrons. The summed E-state index contributed by atoms with van der Waals surface area (Å²) in [5, 5.41) is 2.65. The number of sulfonamides is 1. The summed E-state index contributed by atoms with van der Waals surface area (Å²) in [5.41, 5.74) is 0.712. The first-order chi connectivity index (χ1) is 14.7. The highest BCUT2D eigenvalue weighted by Crippen LogP contribution is 2.29. The Balaban J connectivity index is 1.92. The summed E-state index contributed by atoms with van der Waals surface area (Å²) in [6, 6.07) is 16.8. The maximum Gasteiger partial charge on any atom is 0.255 e. The SMILES string of the molecule is COc1ccc(C(=O)Nc2cc(Cl)ccc2F)cc1S(=O)(=O)N(C)Cc1ccccc1. The molecule has 0 atom stereocenters. The van der Waals surface area contributed by atoms with Crippen LogP contribution in [0.4, 0.5) is 10.1 Å². The number of anilines is 1. The van der Waals surface area contributed by atoms with Crippen LogP contribution in [0.1, 0.15) is 15.9 Å². The number of methoxy groups -OCH3 is 1. The van der Waals surface area contributed by atoms with E-state index in [1.54, 1.807) is 0 Å². The number of nitrogens with zero attached hydrogens (tertiary/aromatic N) is 1. The van der Waals surface area contributed by atoms with Crippen LogP contribution < -0.4 is 10.1 Å². The van der Waals surface area contributed by atoms with E-state index in [-0.39, 0.29) is 33.5 Å². The number of carbonyl (C=O) groups excluding carboxylic acids is 1. The first-order valence-corrected chi connectivity index (χ1v) is 11.0. The van der Waals surface area contributed by atoms with E-state index in [2.05, 4.69) is 5.32 Å². The molecule has 31 heavy (non-hydrogen) atoms. The van der Waals surface area contributed by atoms with Gasteiger partial charge in [0.1, 0.15) is 16.5 Å². The van der Waals surface area contributed by atoms with Crippen LogP contribution in [-0.2, 0) is 16.6 Å². The number of nitrogens with one attached hydrogen (secondary N) is 1. The maximum atomic E-state index is 13.9. The Labute approximate surface area is 185 Å². The molecule has 3 rings (SSSR count). The Hall–Kier alpha value is -2.94. The van der Waals surface area contributed by atoms with Crippen molar-refractivity contribution < 1.29 is 22.3 Å². The Kier molecular flexibility index (Phi) is 6.94.